The number of alkyl halides is 3. The first-order chi connectivity index (χ1) is 9.64. The second kappa shape index (κ2) is 6.87. The third kappa shape index (κ3) is 6.10. The second-order valence-corrected chi connectivity index (χ2v) is 5.81. The van der Waals surface area contributed by atoms with Crippen LogP contribution in [0, 0.1) is 0 Å². The van der Waals surface area contributed by atoms with Gasteiger partial charge in [0.15, 0.2) is 0 Å². The van der Waals surface area contributed by atoms with Crippen LogP contribution in [-0.2, 0) is 14.8 Å². The predicted octanol–water partition coefficient (Wildman–Crippen LogP) is 0.685. The fourth-order valence-electron chi connectivity index (χ4n) is 1.34. The highest BCUT2D eigenvalue weighted by Crippen LogP contribution is 2.17. The number of nitrogens with one attached hydrogen (secondary N) is 3. The average Bonchev–Trinajstić information content (AvgIpc) is 2.37. The smallest absolute Gasteiger partial charge is 0.325 e. The van der Waals surface area contributed by atoms with E-state index in [0.717, 1.165) is 12.1 Å². The summed E-state index contributed by atoms with van der Waals surface area (Å²) in [6, 6.07) is 4.78. The zero-order valence-corrected chi connectivity index (χ0v) is 11.8. The van der Waals surface area contributed by atoms with Gasteiger partial charge in [0.1, 0.15) is 6.54 Å². The Balaban J connectivity index is 2.75. The van der Waals surface area contributed by atoms with E-state index in [1.54, 1.807) is 7.05 Å². The number of hydrogen-bond acceptors (Lipinski definition) is 4. The summed E-state index contributed by atoms with van der Waals surface area (Å²) < 4.78 is 60.7. The Morgan fingerprint density at radius 2 is 1.76 bits per heavy atom. The lowest BCUT2D eigenvalue weighted by atomic mass is 10.3. The van der Waals surface area contributed by atoms with Crippen LogP contribution in [0.3, 0.4) is 0 Å². The Hall–Kier alpha value is -1.65. The summed E-state index contributed by atoms with van der Waals surface area (Å²) in [5.41, 5.74) is 0.338. The number of benzene rings is 1. The van der Waals surface area contributed by atoms with Crippen LogP contribution in [0.2, 0.25) is 0 Å². The van der Waals surface area contributed by atoms with E-state index in [1.165, 1.54) is 16.9 Å². The van der Waals surface area contributed by atoms with Gasteiger partial charge < -0.3 is 10.6 Å². The van der Waals surface area contributed by atoms with Crippen molar-refractivity contribution in [2.45, 2.75) is 11.1 Å². The van der Waals surface area contributed by atoms with Crippen LogP contribution < -0.4 is 15.4 Å². The van der Waals surface area contributed by atoms with Crippen LogP contribution in [0.1, 0.15) is 0 Å². The van der Waals surface area contributed by atoms with Gasteiger partial charge in [-0.25, -0.2) is 13.1 Å². The van der Waals surface area contributed by atoms with Crippen molar-refractivity contribution in [2.24, 2.45) is 0 Å². The molecule has 1 aromatic carbocycles. The van der Waals surface area contributed by atoms with Crippen molar-refractivity contribution in [3.63, 3.8) is 0 Å². The number of sulfonamides is 1. The first-order valence-electron chi connectivity index (χ1n) is 5.75. The summed E-state index contributed by atoms with van der Waals surface area (Å²) in [5, 5.41) is 5.11. The van der Waals surface area contributed by atoms with E-state index in [9.17, 15) is 26.4 Å². The monoisotopic (exact) mass is 325 g/mol. The first kappa shape index (κ1) is 17.4. The van der Waals surface area contributed by atoms with Crippen LogP contribution in [0.4, 0.5) is 18.9 Å². The molecule has 1 aromatic rings. The number of likely N-dealkylation sites (N-methyl/N-ethyl adjacent to an activating group) is 1. The molecule has 3 N–H and O–H groups in total. The number of carbonyl (C=O) groups is 1. The molecule has 21 heavy (non-hydrogen) atoms. The van der Waals surface area contributed by atoms with Crippen molar-refractivity contribution in [3.8, 4) is 0 Å². The fourth-order valence-corrected chi connectivity index (χ4v) is 2.36. The Morgan fingerprint density at radius 1 is 1.19 bits per heavy atom. The fraction of sp³-hybridized carbons (Fsp3) is 0.364. The zero-order chi connectivity index (χ0) is 16.1. The summed E-state index contributed by atoms with van der Waals surface area (Å²) >= 11 is 0. The molecular formula is C11H14F3N3O3S. The summed E-state index contributed by atoms with van der Waals surface area (Å²) in [6.45, 7) is -1.57. The number of anilines is 1. The minimum atomic E-state index is -4.63. The van der Waals surface area contributed by atoms with Gasteiger partial charge in [-0.2, -0.15) is 13.2 Å². The molecule has 0 saturated carbocycles. The van der Waals surface area contributed by atoms with Gasteiger partial charge in [-0.15, -0.1) is 0 Å². The number of halogens is 3. The molecule has 0 heterocycles. The largest absolute Gasteiger partial charge is 0.402 e. The Labute approximate surface area is 119 Å². The molecule has 0 aliphatic heterocycles. The molecule has 118 valence electrons. The molecule has 0 radical (unpaired) electrons. The number of rotatable bonds is 6. The molecule has 0 atom stereocenters. The highest BCUT2D eigenvalue weighted by Gasteiger charge is 2.29. The average molecular weight is 325 g/mol. The lowest BCUT2D eigenvalue weighted by molar-refractivity contribution is -0.121. The molecule has 1 rings (SSSR count). The van der Waals surface area contributed by atoms with Gasteiger partial charge in [-0.1, -0.05) is 0 Å². The standard InChI is InChI=1S/C11H14F3N3O3S/c1-15-6-10(18)17-8-2-4-9(5-3-8)21(19,20)16-7-11(12,13)14/h2-5,15-16H,6-7H2,1H3,(H,17,18). The van der Waals surface area contributed by atoms with Gasteiger partial charge in [0.2, 0.25) is 15.9 Å². The molecule has 0 aromatic heterocycles. The predicted molar refractivity (Wildman–Crippen MR) is 70.2 cm³/mol. The molecule has 6 nitrogen and oxygen atoms in total. The Morgan fingerprint density at radius 3 is 2.24 bits per heavy atom. The van der Waals surface area contributed by atoms with E-state index in [1.807, 2.05) is 0 Å². The maximum Gasteiger partial charge on any atom is 0.402 e. The van der Waals surface area contributed by atoms with Crippen LogP contribution in [0.5, 0.6) is 0 Å². The van der Waals surface area contributed by atoms with Crippen molar-refractivity contribution in [3.05, 3.63) is 24.3 Å². The molecule has 0 aliphatic rings. The second-order valence-electron chi connectivity index (χ2n) is 4.04. The molecule has 0 fully saturated rings. The molecule has 0 aliphatic carbocycles. The van der Waals surface area contributed by atoms with E-state index in [-0.39, 0.29) is 17.3 Å². The van der Waals surface area contributed by atoms with Gasteiger partial charge >= 0.3 is 6.18 Å². The lowest BCUT2D eigenvalue weighted by Gasteiger charge is -2.10. The van der Waals surface area contributed by atoms with Crippen LogP contribution in [0.25, 0.3) is 0 Å². The molecule has 0 saturated heterocycles. The van der Waals surface area contributed by atoms with E-state index in [2.05, 4.69) is 10.6 Å². The van der Waals surface area contributed by atoms with Gasteiger partial charge in [0, 0.05) is 5.69 Å². The third-order valence-corrected chi connectivity index (χ3v) is 3.67. The molecule has 0 unspecified atom stereocenters. The van der Waals surface area contributed by atoms with Crippen LogP contribution in [-0.4, -0.2) is 40.6 Å². The quantitative estimate of drug-likeness (QED) is 0.718. The van der Waals surface area contributed by atoms with Crippen LogP contribution >= 0.6 is 0 Å². The number of amides is 1. The van der Waals surface area contributed by atoms with Crippen molar-refractivity contribution < 1.29 is 26.4 Å². The molecule has 0 bridgehead atoms. The Kier molecular flexibility index (Phi) is 5.70. The molecular weight excluding hydrogens is 311 g/mol. The maximum absolute atomic E-state index is 12.0. The zero-order valence-electron chi connectivity index (χ0n) is 11.0. The van der Waals surface area contributed by atoms with Crippen molar-refractivity contribution in [2.75, 3.05) is 25.5 Å². The van der Waals surface area contributed by atoms with Gasteiger partial charge in [-0.05, 0) is 31.3 Å². The van der Waals surface area contributed by atoms with Gasteiger partial charge in [-0.3, -0.25) is 4.79 Å². The van der Waals surface area contributed by atoms with E-state index < -0.39 is 22.7 Å². The summed E-state index contributed by atoms with van der Waals surface area (Å²) in [7, 11) is -2.66. The summed E-state index contributed by atoms with van der Waals surface area (Å²) in [4.78, 5) is 11.0. The van der Waals surface area contributed by atoms with E-state index in [4.69, 9.17) is 0 Å². The number of carbonyl (C=O) groups excluding carboxylic acids is 1. The normalized spacial score (nSPS) is 12.2. The maximum atomic E-state index is 12.0. The third-order valence-electron chi connectivity index (χ3n) is 2.25. The minimum absolute atomic E-state index is 0.0766. The van der Waals surface area contributed by atoms with Gasteiger partial charge in [0.25, 0.3) is 0 Å². The topological polar surface area (TPSA) is 87.3 Å². The van der Waals surface area contributed by atoms with E-state index >= 15 is 0 Å². The lowest BCUT2D eigenvalue weighted by Crippen LogP contribution is -2.33. The SMILES string of the molecule is CNCC(=O)Nc1ccc(S(=O)(=O)NCC(F)(F)F)cc1. The summed E-state index contributed by atoms with van der Waals surface area (Å²) in [6.07, 6.45) is -4.63. The van der Waals surface area contributed by atoms with Crippen molar-refractivity contribution in [1.29, 1.82) is 0 Å². The van der Waals surface area contributed by atoms with Gasteiger partial charge in [0.05, 0.1) is 11.4 Å². The highest BCUT2D eigenvalue weighted by molar-refractivity contribution is 7.89. The van der Waals surface area contributed by atoms with Crippen molar-refractivity contribution >= 4 is 21.6 Å². The molecule has 10 heteroatoms. The highest BCUT2D eigenvalue weighted by atomic mass is 32.2. The first-order valence-corrected chi connectivity index (χ1v) is 7.23. The van der Waals surface area contributed by atoms with E-state index in [0.29, 0.717) is 5.69 Å². The summed E-state index contributed by atoms with van der Waals surface area (Å²) in [5.74, 6) is -0.330. The van der Waals surface area contributed by atoms with Crippen molar-refractivity contribution in [1.82, 2.24) is 10.0 Å². The number of hydrogen-bond donors (Lipinski definition) is 3. The Bertz CT molecular complexity index is 585. The molecule has 0 spiro atoms. The van der Waals surface area contributed by atoms with Crippen LogP contribution in [0.15, 0.2) is 29.2 Å². The minimum Gasteiger partial charge on any atom is -0.325 e. The molecule has 1 amide bonds.